The summed E-state index contributed by atoms with van der Waals surface area (Å²) in [5, 5.41) is 0. The number of carbonyl (C=O) groups is 3. The Balaban J connectivity index is 2.01. The summed E-state index contributed by atoms with van der Waals surface area (Å²) in [4.78, 5) is 33.7. The van der Waals surface area contributed by atoms with Crippen molar-refractivity contribution in [3.05, 3.63) is 12.2 Å². The van der Waals surface area contributed by atoms with E-state index in [1.807, 2.05) is 6.08 Å². The molecule has 1 rings (SSSR count). The summed E-state index contributed by atoms with van der Waals surface area (Å²) in [5.74, 6) is 0.434. The minimum atomic E-state index is -0.190. The average molecular weight is 266 g/mol. The SMILES string of the molecule is CCOC(=O)CCCCC(=O)CC[C@H]1C=CC(=O)C1. The number of ketones is 2. The zero-order valence-corrected chi connectivity index (χ0v) is 11.5. The number of allylic oxidation sites excluding steroid dienone is 2. The van der Waals surface area contributed by atoms with Gasteiger partial charge in [0, 0.05) is 25.7 Å². The molecule has 19 heavy (non-hydrogen) atoms. The van der Waals surface area contributed by atoms with Crippen LogP contribution in [0, 0.1) is 5.92 Å². The molecule has 4 heteroatoms. The van der Waals surface area contributed by atoms with Gasteiger partial charge >= 0.3 is 5.97 Å². The minimum absolute atomic E-state index is 0.159. The third kappa shape index (κ3) is 6.89. The van der Waals surface area contributed by atoms with Crippen molar-refractivity contribution in [3.63, 3.8) is 0 Å². The predicted molar refractivity (Wildman–Crippen MR) is 71.6 cm³/mol. The largest absolute Gasteiger partial charge is 0.466 e. The second-order valence-corrected chi connectivity index (χ2v) is 4.88. The third-order valence-electron chi connectivity index (χ3n) is 3.20. The Labute approximate surface area is 114 Å². The molecule has 0 aromatic rings. The summed E-state index contributed by atoms with van der Waals surface area (Å²) in [6, 6.07) is 0. The van der Waals surface area contributed by atoms with Crippen molar-refractivity contribution in [2.75, 3.05) is 6.61 Å². The molecule has 0 heterocycles. The van der Waals surface area contributed by atoms with Gasteiger partial charge in [-0.1, -0.05) is 6.08 Å². The van der Waals surface area contributed by atoms with E-state index in [-0.39, 0.29) is 23.5 Å². The summed E-state index contributed by atoms with van der Waals surface area (Å²) in [6.45, 7) is 2.19. The van der Waals surface area contributed by atoms with Gasteiger partial charge in [-0.05, 0) is 38.2 Å². The van der Waals surface area contributed by atoms with Crippen LogP contribution in [0.25, 0.3) is 0 Å². The highest BCUT2D eigenvalue weighted by Gasteiger charge is 2.16. The lowest BCUT2D eigenvalue weighted by Gasteiger charge is -2.05. The van der Waals surface area contributed by atoms with Gasteiger partial charge in [0.25, 0.3) is 0 Å². The lowest BCUT2D eigenvalue weighted by Crippen LogP contribution is -2.05. The Morgan fingerprint density at radius 3 is 2.63 bits per heavy atom. The van der Waals surface area contributed by atoms with Gasteiger partial charge in [-0.15, -0.1) is 0 Å². The summed E-state index contributed by atoms with van der Waals surface area (Å²) in [5.41, 5.74) is 0. The highest BCUT2D eigenvalue weighted by Crippen LogP contribution is 2.20. The summed E-state index contributed by atoms with van der Waals surface area (Å²) >= 11 is 0. The van der Waals surface area contributed by atoms with Crippen molar-refractivity contribution in [1.82, 2.24) is 0 Å². The molecule has 0 amide bonds. The standard InChI is InChI=1S/C15H22O4/c1-2-19-15(18)6-4-3-5-13(16)9-7-12-8-10-14(17)11-12/h8,10,12H,2-7,9,11H2,1H3/t12-/m0/s1. The average Bonchev–Trinajstić information content (AvgIpc) is 2.78. The van der Waals surface area contributed by atoms with Crippen molar-refractivity contribution >= 4 is 17.5 Å². The van der Waals surface area contributed by atoms with Crippen LogP contribution in [-0.4, -0.2) is 24.1 Å². The van der Waals surface area contributed by atoms with Crippen LogP contribution in [0.4, 0.5) is 0 Å². The zero-order chi connectivity index (χ0) is 14.1. The van der Waals surface area contributed by atoms with Crippen LogP contribution in [0.5, 0.6) is 0 Å². The van der Waals surface area contributed by atoms with Crippen molar-refractivity contribution in [2.45, 2.75) is 51.9 Å². The molecule has 0 saturated carbocycles. The van der Waals surface area contributed by atoms with E-state index in [2.05, 4.69) is 0 Å². The minimum Gasteiger partial charge on any atom is -0.466 e. The van der Waals surface area contributed by atoms with E-state index in [4.69, 9.17) is 4.74 Å². The van der Waals surface area contributed by atoms with E-state index in [0.717, 1.165) is 12.8 Å². The van der Waals surface area contributed by atoms with Gasteiger partial charge in [-0.25, -0.2) is 0 Å². The normalized spacial score (nSPS) is 17.7. The number of esters is 1. The number of Topliss-reactive ketones (excluding diaryl/α,β-unsaturated/α-hetero) is 1. The maximum atomic E-state index is 11.6. The maximum Gasteiger partial charge on any atom is 0.305 e. The Bertz CT molecular complexity index is 357. The molecule has 4 nitrogen and oxygen atoms in total. The van der Waals surface area contributed by atoms with Crippen LogP contribution in [0.2, 0.25) is 0 Å². The van der Waals surface area contributed by atoms with Crippen molar-refractivity contribution in [2.24, 2.45) is 5.92 Å². The van der Waals surface area contributed by atoms with Crippen LogP contribution in [0.15, 0.2) is 12.2 Å². The molecule has 0 bridgehead atoms. The monoisotopic (exact) mass is 266 g/mol. The molecule has 1 aliphatic rings. The Morgan fingerprint density at radius 1 is 1.26 bits per heavy atom. The first-order valence-electron chi connectivity index (χ1n) is 7.00. The molecular formula is C15H22O4. The number of unbranched alkanes of at least 4 members (excludes halogenated alkanes) is 1. The third-order valence-corrected chi connectivity index (χ3v) is 3.20. The number of hydrogen-bond donors (Lipinski definition) is 0. The molecule has 0 unspecified atom stereocenters. The van der Waals surface area contributed by atoms with Gasteiger partial charge in [0.05, 0.1) is 6.61 Å². The Kier molecular flexibility index (Phi) is 7.08. The lowest BCUT2D eigenvalue weighted by molar-refractivity contribution is -0.143. The van der Waals surface area contributed by atoms with Gasteiger partial charge in [-0.2, -0.15) is 0 Å². The molecule has 1 aliphatic carbocycles. The molecular weight excluding hydrogens is 244 g/mol. The van der Waals surface area contributed by atoms with Crippen LogP contribution >= 0.6 is 0 Å². The van der Waals surface area contributed by atoms with Gasteiger partial charge in [0.2, 0.25) is 0 Å². The molecule has 0 N–H and O–H groups in total. The topological polar surface area (TPSA) is 60.4 Å². The highest BCUT2D eigenvalue weighted by atomic mass is 16.5. The van der Waals surface area contributed by atoms with E-state index < -0.39 is 0 Å². The fourth-order valence-electron chi connectivity index (χ4n) is 2.13. The smallest absolute Gasteiger partial charge is 0.305 e. The van der Waals surface area contributed by atoms with Gasteiger partial charge in [0.15, 0.2) is 5.78 Å². The second-order valence-electron chi connectivity index (χ2n) is 4.88. The number of rotatable bonds is 9. The highest BCUT2D eigenvalue weighted by molar-refractivity contribution is 5.92. The van der Waals surface area contributed by atoms with Gasteiger partial charge in [-0.3, -0.25) is 14.4 Å². The molecule has 0 aliphatic heterocycles. The zero-order valence-electron chi connectivity index (χ0n) is 11.5. The maximum absolute atomic E-state index is 11.6. The first-order valence-corrected chi connectivity index (χ1v) is 7.00. The van der Waals surface area contributed by atoms with Crippen molar-refractivity contribution in [3.8, 4) is 0 Å². The molecule has 0 saturated heterocycles. The lowest BCUT2D eigenvalue weighted by atomic mass is 9.99. The van der Waals surface area contributed by atoms with E-state index >= 15 is 0 Å². The van der Waals surface area contributed by atoms with Crippen LogP contribution in [-0.2, 0) is 19.1 Å². The first-order chi connectivity index (χ1) is 9.11. The van der Waals surface area contributed by atoms with Crippen LogP contribution in [0.3, 0.4) is 0 Å². The summed E-state index contributed by atoms with van der Waals surface area (Å²) < 4.78 is 4.81. The first kappa shape index (κ1) is 15.6. The molecule has 0 spiro atoms. The molecule has 106 valence electrons. The van der Waals surface area contributed by atoms with Crippen LogP contribution in [0.1, 0.15) is 51.9 Å². The molecule has 0 radical (unpaired) electrons. The predicted octanol–water partition coefficient (Wildman–Crippen LogP) is 2.60. The number of ether oxygens (including phenoxy) is 1. The molecule has 0 aromatic carbocycles. The van der Waals surface area contributed by atoms with E-state index in [0.29, 0.717) is 38.7 Å². The van der Waals surface area contributed by atoms with Crippen LogP contribution < -0.4 is 0 Å². The number of hydrogen-bond acceptors (Lipinski definition) is 4. The fraction of sp³-hybridized carbons (Fsp3) is 0.667. The van der Waals surface area contributed by atoms with E-state index in [1.165, 1.54) is 0 Å². The van der Waals surface area contributed by atoms with Gasteiger partial charge in [0.1, 0.15) is 5.78 Å². The molecule has 0 fully saturated rings. The Morgan fingerprint density at radius 2 is 2.00 bits per heavy atom. The molecule has 0 aromatic heterocycles. The van der Waals surface area contributed by atoms with Crippen molar-refractivity contribution < 1.29 is 19.1 Å². The fourth-order valence-corrected chi connectivity index (χ4v) is 2.13. The summed E-state index contributed by atoms with van der Waals surface area (Å²) in [6.07, 6.45) is 7.69. The summed E-state index contributed by atoms with van der Waals surface area (Å²) in [7, 11) is 0. The number of carbonyl (C=O) groups excluding carboxylic acids is 3. The van der Waals surface area contributed by atoms with E-state index in [1.54, 1.807) is 13.0 Å². The Hall–Kier alpha value is -1.45. The van der Waals surface area contributed by atoms with Crippen molar-refractivity contribution in [1.29, 1.82) is 0 Å². The second kappa shape index (κ2) is 8.62. The molecule has 1 atom stereocenters. The van der Waals surface area contributed by atoms with E-state index in [9.17, 15) is 14.4 Å². The van der Waals surface area contributed by atoms with Gasteiger partial charge < -0.3 is 4.74 Å². The quantitative estimate of drug-likeness (QED) is 0.475.